The molecule has 2 fully saturated rings. The van der Waals surface area contributed by atoms with Crippen molar-refractivity contribution in [1.29, 1.82) is 0 Å². The highest BCUT2D eigenvalue weighted by atomic mass is 16.5. The monoisotopic (exact) mass is 226 g/mol. The molecule has 4 heteroatoms. The van der Waals surface area contributed by atoms with E-state index in [4.69, 9.17) is 4.74 Å². The van der Waals surface area contributed by atoms with Gasteiger partial charge in [-0.05, 0) is 19.3 Å². The molecular weight excluding hydrogens is 204 g/mol. The molecule has 2 atom stereocenters. The maximum absolute atomic E-state index is 11.8. The number of hydrogen-bond acceptors (Lipinski definition) is 3. The van der Waals surface area contributed by atoms with Crippen LogP contribution in [0.25, 0.3) is 0 Å². The molecule has 2 rings (SSSR count). The molecule has 0 bridgehead atoms. The number of nitrogens with zero attached hydrogens (tertiary/aromatic N) is 1. The van der Waals surface area contributed by atoms with E-state index in [1.165, 1.54) is 6.42 Å². The quantitative estimate of drug-likeness (QED) is 0.776. The van der Waals surface area contributed by atoms with Gasteiger partial charge in [-0.2, -0.15) is 0 Å². The van der Waals surface area contributed by atoms with Gasteiger partial charge in [0.25, 0.3) is 0 Å². The molecule has 2 aliphatic heterocycles. The van der Waals surface area contributed by atoms with Crippen molar-refractivity contribution >= 4 is 5.91 Å². The second-order valence-electron chi connectivity index (χ2n) is 4.81. The van der Waals surface area contributed by atoms with E-state index in [2.05, 4.69) is 12.2 Å². The SMILES string of the molecule is CCCC1NCC(=O)N1CC1CCCOC1. The second kappa shape index (κ2) is 5.64. The van der Waals surface area contributed by atoms with Gasteiger partial charge in [-0.1, -0.05) is 13.3 Å². The molecule has 0 radical (unpaired) electrons. The van der Waals surface area contributed by atoms with Gasteiger partial charge in [-0.15, -0.1) is 0 Å². The third-order valence-electron chi connectivity index (χ3n) is 3.46. The number of amides is 1. The van der Waals surface area contributed by atoms with Crippen LogP contribution >= 0.6 is 0 Å². The highest BCUT2D eigenvalue weighted by molar-refractivity contribution is 5.80. The predicted octanol–water partition coefficient (Wildman–Crippen LogP) is 0.971. The minimum Gasteiger partial charge on any atom is -0.381 e. The van der Waals surface area contributed by atoms with Gasteiger partial charge in [0.05, 0.1) is 19.3 Å². The Labute approximate surface area is 97.3 Å². The Hall–Kier alpha value is -0.610. The Morgan fingerprint density at radius 1 is 1.56 bits per heavy atom. The van der Waals surface area contributed by atoms with Crippen molar-refractivity contribution in [2.45, 2.75) is 38.8 Å². The lowest BCUT2D eigenvalue weighted by Crippen LogP contribution is -2.42. The fourth-order valence-electron chi connectivity index (χ4n) is 2.58. The lowest BCUT2D eigenvalue weighted by molar-refractivity contribution is -0.129. The fraction of sp³-hybridized carbons (Fsp3) is 0.917. The molecule has 1 amide bonds. The lowest BCUT2D eigenvalue weighted by atomic mass is 10.0. The molecule has 0 aromatic carbocycles. The van der Waals surface area contributed by atoms with E-state index < -0.39 is 0 Å². The van der Waals surface area contributed by atoms with Crippen molar-refractivity contribution in [2.75, 3.05) is 26.3 Å². The average Bonchev–Trinajstić information content (AvgIpc) is 2.64. The summed E-state index contributed by atoms with van der Waals surface area (Å²) in [5.74, 6) is 0.793. The minimum absolute atomic E-state index is 0.254. The molecule has 0 aromatic heterocycles. The van der Waals surface area contributed by atoms with Crippen LogP contribution in [0, 0.1) is 5.92 Å². The number of carbonyl (C=O) groups is 1. The van der Waals surface area contributed by atoms with Gasteiger partial charge in [-0.3, -0.25) is 10.1 Å². The van der Waals surface area contributed by atoms with E-state index in [9.17, 15) is 4.79 Å². The summed E-state index contributed by atoms with van der Waals surface area (Å²) in [5, 5.41) is 3.28. The van der Waals surface area contributed by atoms with Crippen LogP contribution in [0.4, 0.5) is 0 Å². The summed E-state index contributed by atoms with van der Waals surface area (Å²) in [7, 11) is 0. The number of nitrogens with one attached hydrogen (secondary N) is 1. The topological polar surface area (TPSA) is 41.6 Å². The zero-order chi connectivity index (χ0) is 11.4. The first kappa shape index (κ1) is 11.9. The molecule has 2 unspecified atom stereocenters. The zero-order valence-corrected chi connectivity index (χ0v) is 10.1. The molecule has 0 saturated carbocycles. The molecule has 1 N–H and O–H groups in total. The molecule has 16 heavy (non-hydrogen) atoms. The first-order valence-electron chi connectivity index (χ1n) is 6.42. The van der Waals surface area contributed by atoms with Crippen molar-refractivity contribution in [1.82, 2.24) is 10.2 Å². The van der Waals surface area contributed by atoms with E-state index in [1.54, 1.807) is 0 Å². The first-order chi connectivity index (χ1) is 7.81. The largest absolute Gasteiger partial charge is 0.381 e. The Morgan fingerprint density at radius 2 is 2.44 bits per heavy atom. The number of carbonyl (C=O) groups excluding carboxylic acids is 1. The highest BCUT2D eigenvalue weighted by Crippen LogP contribution is 2.19. The first-order valence-corrected chi connectivity index (χ1v) is 6.42. The number of hydrogen-bond donors (Lipinski definition) is 1. The third-order valence-corrected chi connectivity index (χ3v) is 3.46. The van der Waals surface area contributed by atoms with Crippen LogP contribution in [0.2, 0.25) is 0 Å². The molecule has 92 valence electrons. The molecule has 0 aromatic rings. The Bertz CT molecular complexity index is 239. The molecule has 0 spiro atoms. The van der Waals surface area contributed by atoms with Crippen LogP contribution in [-0.2, 0) is 9.53 Å². The van der Waals surface area contributed by atoms with Crippen molar-refractivity contribution in [2.24, 2.45) is 5.92 Å². The second-order valence-corrected chi connectivity index (χ2v) is 4.81. The summed E-state index contributed by atoms with van der Waals surface area (Å²) in [6, 6.07) is 0. The molecule has 2 saturated heterocycles. The molecule has 2 heterocycles. The van der Waals surface area contributed by atoms with E-state index >= 15 is 0 Å². The Morgan fingerprint density at radius 3 is 3.12 bits per heavy atom. The van der Waals surface area contributed by atoms with Crippen LogP contribution in [-0.4, -0.2) is 43.3 Å². The zero-order valence-electron chi connectivity index (χ0n) is 10.1. The van der Waals surface area contributed by atoms with Crippen molar-refractivity contribution in [3.63, 3.8) is 0 Å². The summed E-state index contributed by atoms with van der Waals surface area (Å²) in [6.45, 7) is 5.25. The van der Waals surface area contributed by atoms with Crippen molar-refractivity contribution in [3.8, 4) is 0 Å². The maximum Gasteiger partial charge on any atom is 0.237 e. The van der Waals surface area contributed by atoms with Gasteiger partial charge in [0.2, 0.25) is 5.91 Å². The number of ether oxygens (including phenoxy) is 1. The molecule has 2 aliphatic rings. The number of rotatable bonds is 4. The third kappa shape index (κ3) is 2.74. The lowest BCUT2D eigenvalue weighted by Gasteiger charge is -2.30. The summed E-state index contributed by atoms with van der Waals surface area (Å²) >= 11 is 0. The van der Waals surface area contributed by atoms with Crippen LogP contribution in [0.3, 0.4) is 0 Å². The van der Waals surface area contributed by atoms with E-state index in [-0.39, 0.29) is 12.1 Å². The maximum atomic E-state index is 11.8. The smallest absolute Gasteiger partial charge is 0.237 e. The van der Waals surface area contributed by atoms with Crippen LogP contribution in [0.15, 0.2) is 0 Å². The minimum atomic E-state index is 0.254. The summed E-state index contributed by atoms with van der Waals surface area (Å²) in [6.07, 6.45) is 4.77. The summed E-state index contributed by atoms with van der Waals surface area (Å²) in [5.41, 5.74) is 0. The molecule has 4 nitrogen and oxygen atoms in total. The highest BCUT2D eigenvalue weighted by Gasteiger charge is 2.31. The van der Waals surface area contributed by atoms with Gasteiger partial charge in [0, 0.05) is 19.1 Å². The summed E-state index contributed by atoms with van der Waals surface area (Å²) < 4.78 is 5.46. The normalized spacial score (nSPS) is 31.1. The van der Waals surface area contributed by atoms with Crippen LogP contribution in [0.5, 0.6) is 0 Å². The standard InChI is InChI=1S/C12H22N2O2/c1-2-4-11-13-7-12(15)14(11)8-10-5-3-6-16-9-10/h10-11,13H,2-9H2,1H3. The van der Waals surface area contributed by atoms with Crippen molar-refractivity contribution in [3.05, 3.63) is 0 Å². The average molecular weight is 226 g/mol. The van der Waals surface area contributed by atoms with Gasteiger partial charge in [0.1, 0.15) is 0 Å². The van der Waals surface area contributed by atoms with Crippen LogP contribution in [0.1, 0.15) is 32.6 Å². The van der Waals surface area contributed by atoms with Gasteiger partial charge in [0.15, 0.2) is 0 Å². The molecular formula is C12H22N2O2. The van der Waals surface area contributed by atoms with E-state index in [0.29, 0.717) is 12.5 Å². The van der Waals surface area contributed by atoms with Gasteiger partial charge < -0.3 is 9.64 Å². The summed E-state index contributed by atoms with van der Waals surface area (Å²) in [4.78, 5) is 13.8. The van der Waals surface area contributed by atoms with Crippen LogP contribution < -0.4 is 5.32 Å². The van der Waals surface area contributed by atoms with E-state index in [0.717, 1.165) is 39.0 Å². The van der Waals surface area contributed by atoms with Gasteiger partial charge >= 0.3 is 0 Å². The Kier molecular flexibility index (Phi) is 4.18. The molecule has 0 aliphatic carbocycles. The van der Waals surface area contributed by atoms with Crippen molar-refractivity contribution < 1.29 is 9.53 Å². The Balaban J connectivity index is 1.87. The predicted molar refractivity (Wildman–Crippen MR) is 62.0 cm³/mol. The van der Waals surface area contributed by atoms with Gasteiger partial charge in [-0.25, -0.2) is 0 Å². The van der Waals surface area contributed by atoms with E-state index in [1.807, 2.05) is 4.90 Å². The fourth-order valence-corrected chi connectivity index (χ4v) is 2.58.